The van der Waals surface area contributed by atoms with Gasteiger partial charge in [-0.1, -0.05) is 0 Å². The number of halogens is 2. The van der Waals surface area contributed by atoms with Crippen molar-refractivity contribution in [2.24, 2.45) is 0 Å². The van der Waals surface area contributed by atoms with Gasteiger partial charge in [0.25, 0.3) is 5.91 Å². The molecule has 100 valence electrons. The fourth-order valence-electron chi connectivity index (χ4n) is 2.03. The minimum Gasteiger partial charge on any atom is -0.348 e. The van der Waals surface area contributed by atoms with Crippen molar-refractivity contribution in [3.8, 4) is 0 Å². The molecule has 2 N–H and O–H groups in total. The van der Waals surface area contributed by atoms with Gasteiger partial charge in [0.1, 0.15) is 5.82 Å². The quantitative estimate of drug-likeness (QED) is 0.865. The van der Waals surface area contributed by atoms with Crippen molar-refractivity contribution in [3.05, 3.63) is 35.1 Å². The van der Waals surface area contributed by atoms with Gasteiger partial charge in [0.05, 0.1) is 0 Å². The normalized spacial score (nSPS) is 18.9. The van der Waals surface area contributed by atoms with E-state index in [1.165, 1.54) is 12.1 Å². The van der Waals surface area contributed by atoms with Crippen LogP contribution in [0, 0.1) is 12.7 Å². The van der Waals surface area contributed by atoms with Crippen molar-refractivity contribution >= 4 is 18.3 Å². The number of carbonyl (C=O) groups excluding carboxylic acids is 1. The predicted octanol–water partition coefficient (Wildman–Crippen LogP) is 2.04. The molecule has 0 aromatic heterocycles. The third-order valence-corrected chi connectivity index (χ3v) is 3.05. The summed E-state index contributed by atoms with van der Waals surface area (Å²) in [7, 11) is 0. The fourth-order valence-corrected chi connectivity index (χ4v) is 2.03. The van der Waals surface area contributed by atoms with E-state index in [4.69, 9.17) is 0 Å². The van der Waals surface area contributed by atoms with Crippen LogP contribution < -0.4 is 10.6 Å². The van der Waals surface area contributed by atoms with E-state index >= 15 is 0 Å². The highest BCUT2D eigenvalue weighted by molar-refractivity contribution is 5.94. The molecule has 1 heterocycles. The molecule has 0 aliphatic carbocycles. The summed E-state index contributed by atoms with van der Waals surface area (Å²) >= 11 is 0. The highest BCUT2D eigenvalue weighted by Crippen LogP contribution is 2.10. The number of aryl methyl sites for hydroxylation is 1. The van der Waals surface area contributed by atoms with E-state index in [1.54, 1.807) is 13.0 Å². The zero-order valence-corrected chi connectivity index (χ0v) is 11.1. The average Bonchev–Trinajstić information content (AvgIpc) is 2.34. The van der Waals surface area contributed by atoms with E-state index in [0.717, 1.165) is 25.9 Å². The molecule has 1 saturated heterocycles. The van der Waals surface area contributed by atoms with Crippen LogP contribution in [0.15, 0.2) is 18.2 Å². The molecule has 1 aromatic rings. The summed E-state index contributed by atoms with van der Waals surface area (Å²) in [5.41, 5.74) is 1.02. The van der Waals surface area contributed by atoms with E-state index in [1.807, 2.05) is 0 Å². The highest BCUT2D eigenvalue weighted by atomic mass is 35.5. The zero-order chi connectivity index (χ0) is 12.3. The topological polar surface area (TPSA) is 41.1 Å². The number of carbonyl (C=O) groups is 1. The maximum atomic E-state index is 13.1. The van der Waals surface area contributed by atoms with E-state index < -0.39 is 0 Å². The second kappa shape index (κ2) is 6.71. The first-order valence-electron chi connectivity index (χ1n) is 5.94. The average molecular weight is 273 g/mol. The molecule has 1 aromatic carbocycles. The van der Waals surface area contributed by atoms with Gasteiger partial charge >= 0.3 is 0 Å². The first-order chi connectivity index (χ1) is 8.16. The number of amides is 1. The number of piperidine rings is 1. The summed E-state index contributed by atoms with van der Waals surface area (Å²) in [6.45, 7) is 3.49. The van der Waals surface area contributed by atoms with Crippen LogP contribution in [-0.4, -0.2) is 25.0 Å². The minimum atomic E-state index is -0.277. The minimum absolute atomic E-state index is 0. The SMILES string of the molecule is Cc1cc(C(=O)N[C@H]2CCCNC2)ccc1F.Cl. The molecule has 2 rings (SSSR count). The molecule has 1 atom stereocenters. The van der Waals surface area contributed by atoms with Gasteiger partial charge in [-0.25, -0.2) is 4.39 Å². The smallest absolute Gasteiger partial charge is 0.251 e. The van der Waals surface area contributed by atoms with Crippen molar-refractivity contribution in [1.82, 2.24) is 10.6 Å². The van der Waals surface area contributed by atoms with Gasteiger partial charge in [-0.3, -0.25) is 4.79 Å². The lowest BCUT2D eigenvalue weighted by Gasteiger charge is -2.23. The molecule has 0 radical (unpaired) electrons. The van der Waals surface area contributed by atoms with Gasteiger partial charge in [0.2, 0.25) is 0 Å². The first kappa shape index (κ1) is 14.9. The monoisotopic (exact) mass is 272 g/mol. The molecule has 1 amide bonds. The summed E-state index contributed by atoms with van der Waals surface area (Å²) in [6.07, 6.45) is 2.08. The Balaban J connectivity index is 0.00000162. The van der Waals surface area contributed by atoms with Gasteiger partial charge < -0.3 is 10.6 Å². The molecule has 0 unspecified atom stereocenters. The molecule has 0 bridgehead atoms. The molecule has 0 saturated carbocycles. The molecule has 18 heavy (non-hydrogen) atoms. The van der Waals surface area contributed by atoms with Crippen LogP contribution in [0.25, 0.3) is 0 Å². The largest absolute Gasteiger partial charge is 0.348 e. The summed E-state index contributed by atoms with van der Waals surface area (Å²) < 4.78 is 13.1. The van der Waals surface area contributed by atoms with Crippen LogP contribution in [0.4, 0.5) is 4.39 Å². The second-order valence-electron chi connectivity index (χ2n) is 4.48. The summed E-state index contributed by atoms with van der Waals surface area (Å²) in [5, 5.41) is 6.20. The lowest BCUT2D eigenvalue weighted by atomic mass is 10.1. The predicted molar refractivity (Wildman–Crippen MR) is 71.7 cm³/mol. The molecule has 1 aliphatic heterocycles. The Labute approximate surface area is 113 Å². The lowest BCUT2D eigenvalue weighted by molar-refractivity contribution is 0.0930. The fraction of sp³-hybridized carbons (Fsp3) is 0.462. The molecule has 3 nitrogen and oxygen atoms in total. The van der Waals surface area contributed by atoms with Crippen molar-refractivity contribution < 1.29 is 9.18 Å². The van der Waals surface area contributed by atoms with Gasteiger partial charge in [0, 0.05) is 18.2 Å². The van der Waals surface area contributed by atoms with Crippen molar-refractivity contribution in [1.29, 1.82) is 0 Å². The van der Waals surface area contributed by atoms with Crippen LogP contribution in [0.3, 0.4) is 0 Å². The Morgan fingerprint density at radius 2 is 2.28 bits per heavy atom. The molecular formula is C13H18ClFN2O. The Kier molecular flexibility index (Phi) is 5.56. The molecular weight excluding hydrogens is 255 g/mol. The van der Waals surface area contributed by atoms with Crippen LogP contribution in [0.5, 0.6) is 0 Å². The maximum absolute atomic E-state index is 13.1. The van der Waals surface area contributed by atoms with Crippen LogP contribution >= 0.6 is 12.4 Å². The number of benzene rings is 1. The van der Waals surface area contributed by atoms with Crippen LogP contribution in [0.2, 0.25) is 0 Å². The zero-order valence-electron chi connectivity index (χ0n) is 10.3. The summed E-state index contributed by atoms with van der Waals surface area (Å²) in [4.78, 5) is 11.9. The third-order valence-electron chi connectivity index (χ3n) is 3.05. The third kappa shape index (κ3) is 3.68. The van der Waals surface area contributed by atoms with Crippen molar-refractivity contribution in [3.63, 3.8) is 0 Å². The van der Waals surface area contributed by atoms with Gasteiger partial charge in [-0.15, -0.1) is 12.4 Å². The summed E-state index contributed by atoms with van der Waals surface area (Å²) in [5.74, 6) is -0.400. The Morgan fingerprint density at radius 1 is 1.50 bits per heavy atom. The molecule has 1 fully saturated rings. The van der Waals surface area contributed by atoms with Gasteiger partial charge in [0.15, 0.2) is 0 Å². The number of hydrogen-bond acceptors (Lipinski definition) is 2. The van der Waals surface area contributed by atoms with E-state index in [2.05, 4.69) is 10.6 Å². The standard InChI is InChI=1S/C13H17FN2O.ClH/c1-9-7-10(4-5-12(9)14)13(17)16-11-3-2-6-15-8-11;/h4-5,7,11,15H,2-3,6,8H2,1H3,(H,16,17);1H/t11-;/m0./s1. The number of nitrogens with one attached hydrogen (secondary N) is 2. The second-order valence-corrected chi connectivity index (χ2v) is 4.48. The maximum Gasteiger partial charge on any atom is 0.251 e. The molecule has 0 spiro atoms. The van der Waals surface area contributed by atoms with Gasteiger partial charge in [-0.05, 0) is 50.1 Å². The van der Waals surface area contributed by atoms with Crippen LogP contribution in [0.1, 0.15) is 28.8 Å². The van der Waals surface area contributed by atoms with Gasteiger partial charge in [-0.2, -0.15) is 0 Å². The summed E-state index contributed by atoms with van der Waals surface area (Å²) in [6, 6.07) is 4.62. The Bertz CT molecular complexity index is 419. The highest BCUT2D eigenvalue weighted by Gasteiger charge is 2.16. The number of hydrogen-bond donors (Lipinski definition) is 2. The van der Waals surface area contributed by atoms with E-state index in [9.17, 15) is 9.18 Å². The molecule has 5 heteroatoms. The Hall–Kier alpha value is -1.13. The Morgan fingerprint density at radius 3 is 2.89 bits per heavy atom. The lowest BCUT2D eigenvalue weighted by Crippen LogP contribution is -2.45. The van der Waals surface area contributed by atoms with Crippen molar-refractivity contribution in [2.75, 3.05) is 13.1 Å². The number of rotatable bonds is 2. The first-order valence-corrected chi connectivity index (χ1v) is 5.94. The van der Waals surface area contributed by atoms with E-state index in [-0.39, 0.29) is 30.2 Å². The molecule has 1 aliphatic rings. The van der Waals surface area contributed by atoms with E-state index in [0.29, 0.717) is 11.1 Å². The van der Waals surface area contributed by atoms with Crippen molar-refractivity contribution in [2.45, 2.75) is 25.8 Å². The van der Waals surface area contributed by atoms with Crippen LogP contribution in [-0.2, 0) is 0 Å².